The van der Waals surface area contributed by atoms with E-state index in [1.54, 1.807) is 12.3 Å². The summed E-state index contributed by atoms with van der Waals surface area (Å²) in [6, 6.07) is 5.14. The summed E-state index contributed by atoms with van der Waals surface area (Å²) < 4.78 is 38.6. The Morgan fingerprint density at radius 2 is 1.71 bits per heavy atom. The Labute approximate surface area is 136 Å². The predicted octanol–water partition coefficient (Wildman–Crippen LogP) is 4.89. The number of alkyl halides is 3. The second-order valence-corrected chi connectivity index (χ2v) is 6.61. The molecular formula is C18H17F3N2O. The van der Waals surface area contributed by atoms with E-state index in [-0.39, 0.29) is 11.5 Å². The third-order valence-corrected chi connectivity index (χ3v) is 5.19. The lowest BCUT2D eigenvalue weighted by Gasteiger charge is -2.38. The van der Waals surface area contributed by atoms with Crippen molar-refractivity contribution in [3.63, 3.8) is 0 Å². The number of H-pyrrole nitrogens is 1. The molecule has 1 fully saturated rings. The number of pyridine rings is 1. The molecule has 0 unspecified atom stereocenters. The van der Waals surface area contributed by atoms with E-state index in [4.69, 9.17) is 0 Å². The first-order valence-corrected chi connectivity index (χ1v) is 8.13. The van der Waals surface area contributed by atoms with Crippen LogP contribution < -0.4 is 10.9 Å². The molecular weight excluding hydrogens is 317 g/mol. The van der Waals surface area contributed by atoms with Crippen LogP contribution in [-0.4, -0.2) is 4.98 Å². The number of hydrogen-bond acceptors (Lipinski definition) is 2. The third-order valence-electron chi connectivity index (χ3n) is 5.19. The van der Waals surface area contributed by atoms with Gasteiger partial charge in [0.05, 0.1) is 11.3 Å². The number of halogens is 3. The molecule has 2 aromatic rings. The summed E-state index contributed by atoms with van der Waals surface area (Å²) in [5.41, 5.74) is 2.17. The number of aromatic nitrogens is 1. The van der Waals surface area contributed by atoms with Crippen molar-refractivity contribution in [1.82, 2.24) is 4.98 Å². The molecule has 1 saturated carbocycles. The molecule has 3 aliphatic carbocycles. The van der Waals surface area contributed by atoms with Crippen molar-refractivity contribution in [3.8, 4) is 0 Å². The van der Waals surface area contributed by atoms with Gasteiger partial charge in [-0.3, -0.25) is 4.79 Å². The average Bonchev–Trinajstić information content (AvgIpc) is 2.58. The lowest BCUT2D eigenvalue weighted by Crippen LogP contribution is -2.30. The van der Waals surface area contributed by atoms with E-state index in [2.05, 4.69) is 10.3 Å². The van der Waals surface area contributed by atoms with Gasteiger partial charge in [0.1, 0.15) is 0 Å². The van der Waals surface area contributed by atoms with Gasteiger partial charge in [0.25, 0.3) is 5.56 Å². The van der Waals surface area contributed by atoms with Gasteiger partial charge < -0.3 is 10.3 Å². The molecule has 5 rings (SSSR count). The molecule has 3 aliphatic rings. The van der Waals surface area contributed by atoms with Gasteiger partial charge in [0.15, 0.2) is 0 Å². The minimum atomic E-state index is -4.37. The van der Waals surface area contributed by atoms with Gasteiger partial charge in [0, 0.05) is 17.4 Å². The van der Waals surface area contributed by atoms with Crippen LogP contribution in [-0.2, 0) is 6.18 Å². The minimum absolute atomic E-state index is 0.0611. The minimum Gasteiger partial charge on any atom is -0.354 e. The lowest BCUT2D eigenvalue weighted by molar-refractivity contribution is -0.137. The summed E-state index contributed by atoms with van der Waals surface area (Å²) in [5.74, 6) is 0.595. The molecule has 2 bridgehead atoms. The van der Waals surface area contributed by atoms with Crippen LogP contribution in [0.1, 0.15) is 54.2 Å². The van der Waals surface area contributed by atoms with Crippen molar-refractivity contribution in [1.29, 1.82) is 0 Å². The predicted molar refractivity (Wildman–Crippen MR) is 85.7 cm³/mol. The molecule has 0 radical (unpaired) electrons. The number of hydrogen-bond donors (Lipinski definition) is 2. The molecule has 0 spiro atoms. The van der Waals surface area contributed by atoms with Crippen LogP contribution in [0.25, 0.3) is 0 Å². The van der Waals surface area contributed by atoms with Gasteiger partial charge in [0.2, 0.25) is 0 Å². The topological polar surface area (TPSA) is 44.9 Å². The van der Waals surface area contributed by atoms with E-state index in [1.807, 2.05) is 0 Å². The summed E-state index contributed by atoms with van der Waals surface area (Å²) in [7, 11) is 0. The van der Waals surface area contributed by atoms with E-state index in [0.717, 1.165) is 54.6 Å². The smallest absolute Gasteiger partial charge is 0.354 e. The fourth-order valence-corrected chi connectivity index (χ4v) is 4.11. The number of benzene rings is 1. The maximum Gasteiger partial charge on any atom is 0.416 e. The van der Waals surface area contributed by atoms with Crippen LogP contribution in [0.4, 0.5) is 24.5 Å². The molecule has 0 aliphatic heterocycles. The summed E-state index contributed by atoms with van der Waals surface area (Å²) in [6.45, 7) is 0. The van der Waals surface area contributed by atoms with Crippen LogP contribution in [0.5, 0.6) is 0 Å². The maximum absolute atomic E-state index is 12.9. The fraction of sp³-hybridized carbons (Fsp3) is 0.389. The van der Waals surface area contributed by atoms with E-state index in [1.165, 1.54) is 6.07 Å². The van der Waals surface area contributed by atoms with Crippen molar-refractivity contribution in [3.05, 3.63) is 57.5 Å². The highest BCUT2D eigenvalue weighted by molar-refractivity contribution is 5.66. The molecule has 1 aromatic heterocycles. The molecule has 2 N–H and O–H groups in total. The van der Waals surface area contributed by atoms with Crippen molar-refractivity contribution in [2.24, 2.45) is 0 Å². The number of fused-ring (bicyclic) bond motifs is 2. The second-order valence-electron chi connectivity index (χ2n) is 6.61. The fourth-order valence-electron chi connectivity index (χ4n) is 4.11. The first-order chi connectivity index (χ1) is 11.4. The average molecular weight is 334 g/mol. The summed E-state index contributed by atoms with van der Waals surface area (Å²) in [5, 5.41) is 3.09. The quantitative estimate of drug-likeness (QED) is 0.821. The van der Waals surface area contributed by atoms with E-state index >= 15 is 0 Å². The molecule has 0 atom stereocenters. The van der Waals surface area contributed by atoms with Crippen molar-refractivity contribution < 1.29 is 13.2 Å². The van der Waals surface area contributed by atoms with Gasteiger partial charge in [-0.05, 0) is 61.3 Å². The first kappa shape index (κ1) is 15.3. The van der Waals surface area contributed by atoms with Crippen LogP contribution in [0, 0.1) is 0 Å². The Bertz CT molecular complexity index is 833. The first-order valence-electron chi connectivity index (χ1n) is 8.13. The van der Waals surface area contributed by atoms with Gasteiger partial charge >= 0.3 is 6.18 Å². The van der Waals surface area contributed by atoms with Crippen LogP contribution in [0.3, 0.4) is 0 Å². The van der Waals surface area contributed by atoms with Crippen molar-refractivity contribution in [2.75, 3.05) is 5.32 Å². The zero-order chi connectivity index (χ0) is 16.9. The molecule has 24 heavy (non-hydrogen) atoms. The van der Waals surface area contributed by atoms with E-state index in [9.17, 15) is 18.0 Å². The number of rotatable bonds is 2. The largest absolute Gasteiger partial charge is 0.416 e. The van der Waals surface area contributed by atoms with E-state index < -0.39 is 11.7 Å². The molecule has 3 nitrogen and oxygen atoms in total. The van der Waals surface area contributed by atoms with Gasteiger partial charge in [-0.15, -0.1) is 0 Å². The molecule has 6 heteroatoms. The van der Waals surface area contributed by atoms with Crippen molar-refractivity contribution >= 4 is 11.4 Å². The second kappa shape index (κ2) is 5.40. The summed E-state index contributed by atoms with van der Waals surface area (Å²) in [6.07, 6.45) is 1.33. The Morgan fingerprint density at radius 3 is 2.38 bits per heavy atom. The number of aromatic amines is 1. The van der Waals surface area contributed by atoms with Gasteiger partial charge in [-0.2, -0.15) is 13.2 Å². The van der Waals surface area contributed by atoms with Gasteiger partial charge in [-0.1, -0.05) is 6.07 Å². The number of anilines is 2. The Morgan fingerprint density at radius 1 is 1.04 bits per heavy atom. The Balaban J connectivity index is 1.75. The molecule has 126 valence electrons. The van der Waals surface area contributed by atoms with Crippen molar-refractivity contribution in [2.45, 2.75) is 43.7 Å². The number of nitrogens with one attached hydrogen (secondary N) is 2. The SMILES string of the molecule is O=c1[nH]cc(Nc2cccc(C(F)(F)F)c2)c2c1C1CCC2CC1. The summed E-state index contributed by atoms with van der Waals surface area (Å²) in [4.78, 5) is 14.9. The Hall–Kier alpha value is -2.24. The maximum atomic E-state index is 12.9. The highest BCUT2D eigenvalue weighted by Crippen LogP contribution is 2.50. The Kier molecular flexibility index (Phi) is 3.44. The van der Waals surface area contributed by atoms with Crippen LogP contribution in [0.15, 0.2) is 35.3 Å². The van der Waals surface area contributed by atoms with Crippen LogP contribution >= 0.6 is 0 Å². The van der Waals surface area contributed by atoms with Gasteiger partial charge in [-0.25, -0.2) is 0 Å². The third kappa shape index (κ3) is 2.50. The lowest BCUT2D eigenvalue weighted by atomic mass is 9.67. The van der Waals surface area contributed by atoms with Crippen LogP contribution in [0.2, 0.25) is 0 Å². The zero-order valence-electron chi connectivity index (χ0n) is 12.9. The zero-order valence-corrected chi connectivity index (χ0v) is 12.9. The monoisotopic (exact) mass is 334 g/mol. The molecule has 0 saturated heterocycles. The standard InChI is InChI=1S/C18H17F3N2O/c19-18(20,21)12-2-1-3-13(8-12)23-14-9-22-17(24)16-11-6-4-10(5-7-11)15(14)16/h1-3,8-11,23H,4-7H2,(H,22,24). The highest BCUT2D eigenvalue weighted by atomic mass is 19.4. The molecule has 1 aromatic carbocycles. The molecule has 0 amide bonds. The molecule has 1 heterocycles. The van der Waals surface area contributed by atoms with E-state index in [0.29, 0.717) is 11.6 Å². The normalized spacial score (nSPS) is 22.3. The highest BCUT2D eigenvalue weighted by Gasteiger charge is 2.37. The summed E-state index contributed by atoms with van der Waals surface area (Å²) >= 11 is 0.